The van der Waals surface area contributed by atoms with Crippen molar-refractivity contribution in [3.63, 3.8) is 0 Å². The molecule has 1 fully saturated rings. The molecule has 4 rings (SSSR count). The number of aliphatic carboxylic acids is 1. The van der Waals surface area contributed by atoms with Gasteiger partial charge in [-0.05, 0) is 46.9 Å². The van der Waals surface area contributed by atoms with E-state index in [1.807, 2.05) is 48.5 Å². The molecule has 5 nitrogen and oxygen atoms in total. The van der Waals surface area contributed by atoms with E-state index in [1.165, 1.54) is 0 Å². The minimum absolute atomic E-state index is 0.0448. The van der Waals surface area contributed by atoms with Crippen LogP contribution in [0.2, 0.25) is 0 Å². The molecule has 2 N–H and O–H groups in total. The summed E-state index contributed by atoms with van der Waals surface area (Å²) in [6.45, 7) is 0.840. The predicted octanol–water partition coefficient (Wildman–Crippen LogP) is 3.59. The Balaban J connectivity index is 1.51. The second-order valence-electron chi connectivity index (χ2n) is 7.61. The molecule has 1 aliphatic rings. The molecule has 0 unspecified atom stereocenters. The van der Waals surface area contributed by atoms with Gasteiger partial charge in [-0.1, -0.05) is 54.6 Å². The van der Waals surface area contributed by atoms with Crippen LogP contribution in [-0.4, -0.2) is 40.1 Å². The average Bonchev–Trinajstić information content (AvgIpc) is 2.73. The van der Waals surface area contributed by atoms with Crippen LogP contribution >= 0.6 is 0 Å². The summed E-state index contributed by atoms with van der Waals surface area (Å²) >= 11 is 0. The highest BCUT2D eigenvalue weighted by Gasteiger charge is 2.37. The van der Waals surface area contributed by atoms with Gasteiger partial charge < -0.3 is 15.1 Å². The fourth-order valence-electron chi connectivity index (χ4n) is 4.15. The fraction of sp³-hybridized carbons (Fsp3) is 0.250. The second kappa shape index (κ2) is 7.68. The third kappa shape index (κ3) is 3.87. The minimum atomic E-state index is -1.12. The van der Waals surface area contributed by atoms with E-state index in [4.69, 9.17) is 5.11 Å². The summed E-state index contributed by atoms with van der Waals surface area (Å²) in [5, 5.41) is 22.5. The number of fused-ring (bicyclic) bond motifs is 1. The first-order valence-corrected chi connectivity index (χ1v) is 9.77. The van der Waals surface area contributed by atoms with Gasteiger partial charge in [-0.3, -0.25) is 9.59 Å². The maximum absolute atomic E-state index is 13.0. The number of carbonyl (C=O) groups excluding carboxylic acids is 1. The van der Waals surface area contributed by atoms with Crippen LogP contribution in [0.25, 0.3) is 10.8 Å². The van der Waals surface area contributed by atoms with Gasteiger partial charge in [0.25, 0.3) is 5.91 Å². The summed E-state index contributed by atoms with van der Waals surface area (Å²) in [6.07, 6.45) is 0.629. The SMILES string of the molecule is O=C(O)Cc1ccccc1C1(O)CCN(C(=O)c2ccc3ccccc3c2)CC1. The molecule has 148 valence electrons. The predicted molar refractivity (Wildman–Crippen MR) is 111 cm³/mol. The maximum Gasteiger partial charge on any atom is 0.307 e. The van der Waals surface area contributed by atoms with Crippen molar-refractivity contribution in [3.8, 4) is 0 Å². The Bertz CT molecular complexity index is 1070. The Morgan fingerprint density at radius 1 is 0.897 bits per heavy atom. The lowest BCUT2D eigenvalue weighted by Gasteiger charge is -2.39. The van der Waals surface area contributed by atoms with Gasteiger partial charge in [0.05, 0.1) is 12.0 Å². The van der Waals surface area contributed by atoms with Crippen LogP contribution in [0, 0.1) is 0 Å². The lowest BCUT2D eigenvalue weighted by molar-refractivity contribution is -0.136. The highest BCUT2D eigenvalue weighted by molar-refractivity contribution is 5.98. The number of carboxylic acid groups (broad SMARTS) is 1. The van der Waals surface area contributed by atoms with Crippen LogP contribution in [0.5, 0.6) is 0 Å². The molecule has 3 aromatic carbocycles. The van der Waals surface area contributed by atoms with E-state index < -0.39 is 11.6 Å². The maximum atomic E-state index is 13.0. The molecular formula is C24H23NO4. The summed E-state index contributed by atoms with van der Waals surface area (Å²) in [5.74, 6) is -0.971. The van der Waals surface area contributed by atoms with Gasteiger partial charge in [0, 0.05) is 18.7 Å². The van der Waals surface area contributed by atoms with Crippen molar-refractivity contribution >= 4 is 22.6 Å². The molecule has 0 radical (unpaired) electrons. The van der Waals surface area contributed by atoms with Crippen molar-refractivity contribution in [2.75, 3.05) is 13.1 Å². The molecule has 1 heterocycles. The molecule has 3 aromatic rings. The minimum Gasteiger partial charge on any atom is -0.481 e. The molecule has 0 aromatic heterocycles. The average molecular weight is 389 g/mol. The van der Waals surface area contributed by atoms with Crippen LogP contribution in [0.3, 0.4) is 0 Å². The lowest BCUT2D eigenvalue weighted by Crippen LogP contribution is -2.45. The topological polar surface area (TPSA) is 77.8 Å². The summed E-state index contributed by atoms with van der Waals surface area (Å²) in [7, 11) is 0. The summed E-state index contributed by atoms with van der Waals surface area (Å²) in [4.78, 5) is 25.9. The molecule has 0 aliphatic carbocycles. The Morgan fingerprint density at radius 3 is 2.28 bits per heavy atom. The van der Waals surface area contributed by atoms with Gasteiger partial charge in [0.1, 0.15) is 0 Å². The van der Waals surface area contributed by atoms with Gasteiger partial charge in [0.2, 0.25) is 0 Å². The number of nitrogens with zero attached hydrogens (tertiary/aromatic N) is 1. The van der Waals surface area contributed by atoms with E-state index in [-0.39, 0.29) is 12.3 Å². The van der Waals surface area contributed by atoms with Gasteiger partial charge in [-0.2, -0.15) is 0 Å². The molecule has 0 bridgehead atoms. The molecule has 29 heavy (non-hydrogen) atoms. The first-order chi connectivity index (χ1) is 14.0. The van der Waals surface area contributed by atoms with Crippen LogP contribution < -0.4 is 0 Å². The number of carbonyl (C=O) groups is 2. The molecule has 5 heteroatoms. The Labute approximate surface area is 169 Å². The van der Waals surface area contributed by atoms with E-state index in [9.17, 15) is 14.7 Å². The smallest absolute Gasteiger partial charge is 0.307 e. The zero-order valence-corrected chi connectivity index (χ0v) is 16.0. The normalized spacial score (nSPS) is 16.0. The van der Waals surface area contributed by atoms with E-state index in [0.717, 1.165) is 10.8 Å². The highest BCUT2D eigenvalue weighted by atomic mass is 16.4. The summed E-state index contributed by atoms with van der Waals surface area (Å²) < 4.78 is 0. The Hall–Kier alpha value is -3.18. The van der Waals surface area contributed by atoms with Gasteiger partial charge in [0.15, 0.2) is 0 Å². The van der Waals surface area contributed by atoms with Crippen molar-refractivity contribution in [1.82, 2.24) is 4.90 Å². The molecular weight excluding hydrogens is 366 g/mol. The van der Waals surface area contributed by atoms with E-state index >= 15 is 0 Å². The monoisotopic (exact) mass is 389 g/mol. The fourth-order valence-corrected chi connectivity index (χ4v) is 4.15. The number of benzene rings is 3. The first-order valence-electron chi connectivity index (χ1n) is 9.77. The molecule has 1 aliphatic heterocycles. The number of carboxylic acids is 1. The Morgan fingerprint density at radius 2 is 1.55 bits per heavy atom. The highest BCUT2D eigenvalue weighted by Crippen LogP contribution is 2.35. The van der Waals surface area contributed by atoms with E-state index in [1.54, 1.807) is 23.1 Å². The number of likely N-dealkylation sites (tertiary alicyclic amines) is 1. The van der Waals surface area contributed by atoms with Crippen LogP contribution in [0.4, 0.5) is 0 Å². The van der Waals surface area contributed by atoms with Crippen molar-refractivity contribution in [2.45, 2.75) is 24.9 Å². The summed E-state index contributed by atoms with van der Waals surface area (Å²) in [5.41, 5.74) is 0.795. The third-order valence-electron chi connectivity index (χ3n) is 5.73. The lowest BCUT2D eigenvalue weighted by atomic mass is 9.81. The van der Waals surface area contributed by atoms with Crippen molar-refractivity contribution in [3.05, 3.63) is 83.4 Å². The molecule has 0 atom stereocenters. The van der Waals surface area contributed by atoms with Crippen molar-refractivity contribution < 1.29 is 19.8 Å². The van der Waals surface area contributed by atoms with Gasteiger partial charge >= 0.3 is 5.97 Å². The molecule has 0 saturated carbocycles. The van der Waals surface area contributed by atoms with E-state index in [2.05, 4.69) is 0 Å². The quantitative estimate of drug-likeness (QED) is 0.715. The summed E-state index contributed by atoms with van der Waals surface area (Å²) in [6, 6.07) is 20.7. The standard InChI is InChI=1S/C24H23NO4/c26-22(27)16-19-7-3-4-8-21(19)24(29)11-13-25(14-12-24)23(28)20-10-9-17-5-1-2-6-18(17)15-20/h1-10,15,29H,11-14,16H2,(H,26,27). The molecule has 0 spiro atoms. The number of rotatable bonds is 4. The van der Waals surface area contributed by atoms with Gasteiger partial charge in [-0.15, -0.1) is 0 Å². The third-order valence-corrected chi connectivity index (χ3v) is 5.73. The van der Waals surface area contributed by atoms with Crippen LogP contribution in [0.15, 0.2) is 66.7 Å². The molecule has 1 saturated heterocycles. The first kappa shape index (κ1) is 19.2. The number of hydrogen-bond acceptors (Lipinski definition) is 3. The zero-order chi connectivity index (χ0) is 20.4. The Kier molecular flexibility index (Phi) is 5.07. The van der Waals surface area contributed by atoms with Crippen LogP contribution in [0.1, 0.15) is 34.3 Å². The largest absolute Gasteiger partial charge is 0.481 e. The van der Waals surface area contributed by atoms with Gasteiger partial charge in [-0.25, -0.2) is 0 Å². The van der Waals surface area contributed by atoms with Crippen molar-refractivity contribution in [1.29, 1.82) is 0 Å². The number of hydrogen-bond donors (Lipinski definition) is 2. The second-order valence-corrected chi connectivity index (χ2v) is 7.61. The number of aliphatic hydroxyl groups is 1. The number of piperidine rings is 1. The molecule has 1 amide bonds. The van der Waals surface area contributed by atoms with Crippen molar-refractivity contribution in [2.24, 2.45) is 0 Å². The van der Waals surface area contributed by atoms with Crippen LogP contribution in [-0.2, 0) is 16.8 Å². The zero-order valence-electron chi connectivity index (χ0n) is 16.0. The van der Waals surface area contributed by atoms with E-state index in [0.29, 0.717) is 42.6 Å². The number of amides is 1.